The SMILES string of the molecule is C=N/C(=C\N)CC1CCCCC1. The molecule has 1 aliphatic rings. The van der Waals surface area contributed by atoms with Gasteiger partial charge >= 0.3 is 0 Å². The van der Waals surface area contributed by atoms with Crippen LogP contribution in [0.25, 0.3) is 0 Å². The van der Waals surface area contributed by atoms with Crippen molar-refractivity contribution >= 4 is 6.72 Å². The topological polar surface area (TPSA) is 38.4 Å². The highest BCUT2D eigenvalue weighted by Gasteiger charge is 2.14. The summed E-state index contributed by atoms with van der Waals surface area (Å²) < 4.78 is 0. The first kappa shape index (κ1) is 9.30. The van der Waals surface area contributed by atoms with Gasteiger partial charge in [-0.2, -0.15) is 0 Å². The molecule has 0 aromatic heterocycles. The molecule has 1 aliphatic carbocycles. The maximum absolute atomic E-state index is 5.40. The van der Waals surface area contributed by atoms with Crippen molar-refractivity contribution in [2.45, 2.75) is 38.5 Å². The average Bonchev–Trinajstić information content (AvgIpc) is 2.16. The largest absolute Gasteiger partial charge is 0.403 e. The predicted molar refractivity (Wildman–Crippen MR) is 53.0 cm³/mol. The van der Waals surface area contributed by atoms with E-state index in [0.717, 1.165) is 18.0 Å². The zero-order valence-corrected chi connectivity index (χ0v) is 7.63. The van der Waals surface area contributed by atoms with Gasteiger partial charge in [0.15, 0.2) is 0 Å². The lowest BCUT2D eigenvalue weighted by Crippen LogP contribution is -2.07. The van der Waals surface area contributed by atoms with Gasteiger partial charge in [0, 0.05) is 6.20 Å². The molecular weight excluding hydrogens is 148 g/mol. The molecule has 0 aromatic carbocycles. The lowest BCUT2D eigenvalue weighted by molar-refractivity contribution is 0.355. The molecule has 0 bridgehead atoms. The van der Waals surface area contributed by atoms with E-state index in [1.807, 2.05) is 0 Å². The van der Waals surface area contributed by atoms with Crippen LogP contribution in [0.3, 0.4) is 0 Å². The number of hydrogen-bond acceptors (Lipinski definition) is 2. The average molecular weight is 166 g/mol. The maximum Gasteiger partial charge on any atom is 0.0553 e. The summed E-state index contributed by atoms with van der Waals surface area (Å²) >= 11 is 0. The highest BCUT2D eigenvalue weighted by molar-refractivity contribution is 5.28. The van der Waals surface area contributed by atoms with Gasteiger partial charge in [-0.1, -0.05) is 32.1 Å². The van der Waals surface area contributed by atoms with Gasteiger partial charge in [-0.15, -0.1) is 0 Å². The van der Waals surface area contributed by atoms with E-state index in [0.29, 0.717) is 0 Å². The predicted octanol–water partition coefficient (Wildman–Crippen LogP) is 2.46. The van der Waals surface area contributed by atoms with E-state index in [1.54, 1.807) is 6.20 Å². The first-order chi connectivity index (χ1) is 5.86. The highest BCUT2D eigenvalue weighted by Crippen LogP contribution is 2.28. The van der Waals surface area contributed by atoms with E-state index in [2.05, 4.69) is 11.7 Å². The molecule has 0 atom stereocenters. The van der Waals surface area contributed by atoms with Crippen LogP contribution in [0.15, 0.2) is 16.9 Å². The molecule has 68 valence electrons. The van der Waals surface area contributed by atoms with Crippen molar-refractivity contribution in [3.05, 3.63) is 11.9 Å². The van der Waals surface area contributed by atoms with Gasteiger partial charge in [0.1, 0.15) is 0 Å². The van der Waals surface area contributed by atoms with Crippen molar-refractivity contribution in [3.8, 4) is 0 Å². The molecule has 0 saturated heterocycles. The molecule has 0 aliphatic heterocycles. The standard InChI is InChI=1S/C10H18N2/c1-12-10(8-11)7-9-5-3-2-4-6-9/h8-9H,1-7,11H2/b10-8-. The Morgan fingerprint density at radius 3 is 2.58 bits per heavy atom. The van der Waals surface area contributed by atoms with E-state index in [4.69, 9.17) is 5.73 Å². The first-order valence-electron chi connectivity index (χ1n) is 4.74. The van der Waals surface area contributed by atoms with Crippen molar-refractivity contribution in [3.63, 3.8) is 0 Å². The number of aliphatic imine (C=N–C) groups is 1. The number of allylic oxidation sites excluding steroid dienone is 1. The molecule has 1 saturated carbocycles. The fourth-order valence-corrected chi connectivity index (χ4v) is 1.87. The fraction of sp³-hybridized carbons (Fsp3) is 0.700. The quantitative estimate of drug-likeness (QED) is 0.642. The molecule has 1 fully saturated rings. The molecule has 2 heteroatoms. The fourth-order valence-electron chi connectivity index (χ4n) is 1.87. The number of nitrogens with zero attached hydrogens (tertiary/aromatic N) is 1. The molecular formula is C10H18N2. The summed E-state index contributed by atoms with van der Waals surface area (Å²) in [6.45, 7) is 3.50. The second-order valence-corrected chi connectivity index (χ2v) is 3.52. The molecule has 1 rings (SSSR count). The monoisotopic (exact) mass is 166 g/mol. The van der Waals surface area contributed by atoms with Crippen LogP contribution < -0.4 is 5.73 Å². The Bertz CT molecular complexity index is 167. The van der Waals surface area contributed by atoms with Gasteiger partial charge in [0.05, 0.1) is 5.70 Å². The van der Waals surface area contributed by atoms with Crippen molar-refractivity contribution in [1.82, 2.24) is 0 Å². The Kier molecular flexibility index (Phi) is 3.85. The van der Waals surface area contributed by atoms with Crippen LogP contribution in [0.1, 0.15) is 38.5 Å². The van der Waals surface area contributed by atoms with Crippen LogP contribution in [0, 0.1) is 5.92 Å². The Balaban J connectivity index is 2.33. The Morgan fingerprint density at radius 1 is 1.42 bits per heavy atom. The van der Waals surface area contributed by atoms with Gasteiger partial charge in [0.2, 0.25) is 0 Å². The highest BCUT2D eigenvalue weighted by atomic mass is 14.7. The Hall–Kier alpha value is -0.790. The second-order valence-electron chi connectivity index (χ2n) is 3.52. The van der Waals surface area contributed by atoms with Crippen molar-refractivity contribution in [2.75, 3.05) is 0 Å². The van der Waals surface area contributed by atoms with E-state index in [1.165, 1.54) is 32.1 Å². The number of hydrogen-bond donors (Lipinski definition) is 1. The lowest BCUT2D eigenvalue weighted by atomic mass is 9.86. The number of nitrogens with two attached hydrogens (primary N) is 1. The third-order valence-corrected chi connectivity index (χ3v) is 2.62. The van der Waals surface area contributed by atoms with Crippen LogP contribution in [0.4, 0.5) is 0 Å². The first-order valence-corrected chi connectivity index (χ1v) is 4.74. The van der Waals surface area contributed by atoms with Gasteiger partial charge < -0.3 is 5.73 Å². The molecule has 0 unspecified atom stereocenters. The molecule has 0 aromatic rings. The summed E-state index contributed by atoms with van der Waals surface area (Å²) in [5.41, 5.74) is 6.36. The lowest BCUT2D eigenvalue weighted by Gasteiger charge is -2.21. The minimum absolute atomic E-state index is 0.805. The molecule has 0 heterocycles. The van der Waals surface area contributed by atoms with E-state index in [9.17, 15) is 0 Å². The third kappa shape index (κ3) is 2.68. The summed E-state index contributed by atoms with van der Waals surface area (Å²) in [4.78, 5) is 3.89. The molecule has 0 radical (unpaired) electrons. The smallest absolute Gasteiger partial charge is 0.0553 e. The summed E-state index contributed by atoms with van der Waals surface area (Å²) in [6.07, 6.45) is 9.44. The van der Waals surface area contributed by atoms with Gasteiger partial charge in [-0.25, -0.2) is 0 Å². The van der Waals surface area contributed by atoms with Gasteiger partial charge in [-0.05, 0) is 19.1 Å². The van der Waals surface area contributed by atoms with Crippen molar-refractivity contribution < 1.29 is 0 Å². The van der Waals surface area contributed by atoms with E-state index >= 15 is 0 Å². The van der Waals surface area contributed by atoms with Crippen LogP contribution in [0.5, 0.6) is 0 Å². The van der Waals surface area contributed by atoms with Crippen LogP contribution >= 0.6 is 0 Å². The second kappa shape index (κ2) is 4.96. The van der Waals surface area contributed by atoms with Crippen LogP contribution in [-0.4, -0.2) is 6.72 Å². The van der Waals surface area contributed by atoms with Crippen molar-refractivity contribution in [1.29, 1.82) is 0 Å². The maximum atomic E-state index is 5.40. The molecule has 2 N–H and O–H groups in total. The summed E-state index contributed by atoms with van der Waals surface area (Å²) in [6, 6.07) is 0. The van der Waals surface area contributed by atoms with E-state index in [-0.39, 0.29) is 0 Å². The molecule has 0 amide bonds. The zero-order valence-electron chi connectivity index (χ0n) is 7.63. The minimum atomic E-state index is 0.805. The molecule has 2 nitrogen and oxygen atoms in total. The molecule has 0 spiro atoms. The summed E-state index contributed by atoms with van der Waals surface area (Å²) in [5, 5.41) is 0. The van der Waals surface area contributed by atoms with Gasteiger partial charge in [-0.3, -0.25) is 4.99 Å². The zero-order chi connectivity index (χ0) is 8.81. The third-order valence-electron chi connectivity index (χ3n) is 2.62. The van der Waals surface area contributed by atoms with Gasteiger partial charge in [0.25, 0.3) is 0 Å². The van der Waals surface area contributed by atoms with E-state index < -0.39 is 0 Å². The summed E-state index contributed by atoms with van der Waals surface area (Å²) in [7, 11) is 0. The molecule has 12 heavy (non-hydrogen) atoms. The Morgan fingerprint density at radius 2 is 2.08 bits per heavy atom. The normalized spacial score (nSPS) is 20.8. The number of rotatable bonds is 3. The minimum Gasteiger partial charge on any atom is -0.403 e. The summed E-state index contributed by atoms with van der Waals surface area (Å²) in [5.74, 6) is 0.805. The van der Waals surface area contributed by atoms with Crippen LogP contribution in [-0.2, 0) is 0 Å². The van der Waals surface area contributed by atoms with Crippen molar-refractivity contribution in [2.24, 2.45) is 16.6 Å². The Labute approximate surface area is 74.6 Å². The van der Waals surface area contributed by atoms with Crippen LogP contribution in [0.2, 0.25) is 0 Å².